The van der Waals surface area contributed by atoms with E-state index in [1.807, 2.05) is 60.7 Å². The van der Waals surface area contributed by atoms with Gasteiger partial charge in [-0.05, 0) is 54.3 Å². The largest absolute Gasteiger partial charge is 0.486 e. The first-order valence-corrected chi connectivity index (χ1v) is 10.5. The monoisotopic (exact) mass is 451 g/mol. The highest BCUT2D eigenvalue weighted by molar-refractivity contribution is 9.10. The van der Waals surface area contributed by atoms with Crippen LogP contribution in [0.2, 0.25) is 0 Å². The van der Waals surface area contributed by atoms with Crippen LogP contribution in [0.15, 0.2) is 77.3 Å². The van der Waals surface area contributed by atoms with Crippen LogP contribution in [0.25, 0.3) is 0 Å². The van der Waals surface area contributed by atoms with Gasteiger partial charge in [0.05, 0.1) is 6.04 Å². The SMILES string of the molecule is O=C(N[C@@H](CCc1ccccc1)c1ccc2c(c1)OCCO2)c1cccc(Br)c1. The number of nitrogens with one attached hydrogen (secondary N) is 1. The average Bonchev–Trinajstić information content (AvgIpc) is 2.77. The maximum absolute atomic E-state index is 12.9. The van der Waals surface area contributed by atoms with Gasteiger partial charge in [-0.3, -0.25) is 4.79 Å². The minimum absolute atomic E-state index is 0.0979. The highest BCUT2D eigenvalue weighted by Crippen LogP contribution is 2.34. The van der Waals surface area contributed by atoms with Crippen LogP contribution in [-0.4, -0.2) is 19.1 Å². The first-order chi connectivity index (χ1) is 14.2. The van der Waals surface area contributed by atoms with E-state index in [2.05, 4.69) is 33.4 Å². The van der Waals surface area contributed by atoms with Crippen molar-refractivity contribution in [1.29, 1.82) is 0 Å². The predicted octanol–water partition coefficient (Wildman–Crippen LogP) is 5.32. The first-order valence-electron chi connectivity index (χ1n) is 9.69. The number of carbonyl (C=O) groups excluding carboxylic acids is 1. The van der Waals surface area contributed by atoms with Gasteiger partial charge in [0.2, 0.25) is 0 Å². The Morgan fingerprint density at radius 2 is 1.72 bits per heavy atom. The van der Waals surface area contributed by atoms with Crippen molar-refractivity contribution in [3.63, 3.8) is 0 Å². The summed E-state index contributed by atoms with van der Waals surface area (Å²) in [5.41, 5.74) is 2.88. The maximum atomic E-state index is 12.9. The number of halogens is 1. The van der Waals surface area contributed by atoms with E-state index in [-0.39, 0.29) is 11.9 Å². The molecule has 0 fully saturated rings. The number of amides is 1. The van der Waals surface area contributed by atoms with Crippen molar-refractivity contribution in [3.05, 3.63) is 94.0 Å². The van der Waals surface area contributed by atoms with Crippen LogP contribution in [-0.2, 0) is 6.42 Å². The lowest BCUT2D eigenvalue weighted by molar-refractivity contribution is 0.0934. The van der Waals surface area contributed by atoms with E-state index in [1.54, 1.807) is 0 Å². The molecule has 0 radical (unpaired) electrons. The van der Waals surface area contributed by atoms with E-state index < -0.39 is 0 Å². The maximum Gasteiger partial charge on any atom is 0.251 e. The molecular weight excluding hydrogens is 430 g/mol. The second-order valence-electron chi connectivity index (χ2n) is 6.96. The molecule has 0 unspecified atom stereocenters. The zero-order valence-electron chi connectivity index (χ0n) is 15.9. The molecule has 3 aromatic carbocycles. The molecule has 0 spiro atoms. The van der Waals surface area contributed by atoms with Gasteiger partial charge in [0, 0.05) is 10.0 Å². The van der Waals surface area contributed by atoms with Gasteiger partial charge in [0.25, 0.3) is 5.91 Å². The molecule has 1 atom stereocenters. The first kappa shape index (κ1) is 19.5. The van der Waals surface area contributed by atoms with Crippen LogP contribution < -0.4 is 14.8 Å². The smallest absolute Gasteiger partial charge is 0.251 e. The van der Waals surface area contributed by atoms with Gasteiger partial charge in [-0.15, -0.1) is 0 Å². The second-order valence-corrected chi connectivity index (χ2v) is 7.88. The predicted molar refractivity (Wildman–Crippen MR) is 117 cm³/mol. The Morgan fingerprint density at radius 1 is 0.931 bits per heavy atom. The van der Waals surface area contributed by atoms with Crippen molar-refractivity contribution in [1.82, 2.24) is 5.32 Å². The molecule has 3 aromatic rings. The molecule has 0 bridgehead atoms. The molecular formula is C24H22BrNO3. The van der Waals surface area contributed by atoms with Gasteiger partial charge in [-0.2, -0.15) is 0 Å². The Hall–Kier alpha value is -2.79. The highest BCUT2D eigenvalue weighted by Gasteiger charge is 2.20. The summed E-state index contributed by atoms with van der Waals surface area (Å²) in [5, 5.41) is 3.20. The van der Waals surface area contributed by atoms with Crippen LogP contribution >= 0.6 is 15.9 Å². The topological polar surface area (TPSA) is 47.6 Å². The van der Waals surface area contributed by atoms with Crippen molar-refractivity contribution >= 4 is 21.8 Å². The fourth-order valence-electron chi connectivity index (χ4n) is 3.43. The minimum Gasteiger partial charge on any atom is -0.486 e. The van der Waals surface area contributed by atoms with Crippen LogP contribution in [0, 0.1) is 0 Å². The van der Waals surface area contributed by atoms with Crippen molar-refractivity contribution in [2.75, 3.05) is 13.2 Å². The van der Waals surface area contributed by atoms with Crippen LogP contribution in [0.3, 0.4) is 0 Å². The third-order valence-corrected chi connectivity index (χ3v) is 5.42. The van der Waals surface area contributed by atoms with Crippen LogP contribution in [0.1, 0.15) is 33.9 Å². The highest BCUT2D eigenvalue weighted by atomic mass is 79.9. The molecule has 1 heterocycles. The van der Waals surface area contributed by atoms with Crippen LogP contribution in [0.5, 0.6) is 11.5 Å². The fourth-order valence-corrected chi connectivity index (χ4v) is 3.83. The van der Waals surface area contributed by atoms with Gasteiger partial charge in [0.1, 0.15) is 13.2 Å². The zero-order chi connectivity index (χ0) is 20.1. The van der Waals surface area contributed by atoms with E-state index >= 15 is 0 Å². The Morgan fingerprint density at radius 3 is 2.52 bits per heavy atom. The molecule has 0 aliphatic carbocycles. The molecule has 5 heteroatoms. The van der Waals surface area contributed by atoms with Crippen molar-refractivity contribution in [3.8, 4) is 11.5 Å². The number of rotatable bonds is 6. The number of benzene rings is 3. The lowest BCUT2D eigenvalue weighted by Crippen LogP contribution is -2.29. The van der Waals surface area contributed by atoms with Gasteiger partial charge >= 0.3 is 0 Å². The molecule has 0 saturated heterocycles. The standard InChI is InChI=1S/C24H22BrNO3/c25-20-8-4-7-19(15-20)24(27)26-21(11-9-17-5-2-1-3-6-17)18-10-12-22-23(16-18)29-14-13-28-22/h1-8,10,12,15-16,21H,9,11,13-14H2,(H,26,27)/t21-/m0/s1. The molecule has 0 saturated carbocycles. The molecule has 4 nitrogen and oxygen atoms in total. The minimum atomic E-state index is -0.141. The number of carbonyl (C=O) groups is 1. The zero-order valence-corrected chi connectivity index (χ0v) is 17.5. The van der Waals surface area contributed by atoms with Gasteiger partial charge < -0.3 is 14.8 Å². The van der Waals surface area contributed by atoms with E-state index in [0.29, 0.717) is 18.8 Å². The normalized spacial score (nSPS) is 13.6. The van der Waals surface area contributed by atoms with Crippen molar-refractivity contribution in [2.24, 2.45) is 0 Å². The molecule has 29 heavy (non-hydrogen) atoms. The molecule has 1 N–H and O–H groups in total. The molecule has 1 aliphatic rings. The molecule has 4 rings (SSSR count). The quantitative estimate of drug-likeness (QED) is 0.551. The summed E-state index contributed by atoms with van der Waals surface area (Å²) in [5.74, 6) is 1.38. The van der Waals surface area contributed by atoms with E-state index in [9.17, 15) is 4.79 Å². The molecule has 0 aromatic heterocycles. The molecule has 1 aliphatic heterocycles. The number of hydrogen-bond donors (Lipinski definition) is 1. The summed E-state index contributed by atoms with van der Waals surface area (Å²) in [6, 6.07) is 23.5. The summed E-state index contributed by atoms with van der Waals surface area (Å²) < 4.78 is 12.3. The van der Waals surface area contributed by atoms with E-state index in [0.717, 1.165) is 34.4 Å². The average molecular weight is 452 g/mol. The number of aryl methyl sites for hydroxylation is 1. The third kappa shape index (κ3) is 4.98. The Balaban J connectivity index is 1.57. The summed E-state index contributed by atoms with van der Waals surface area (Å²) in [6.07, 6.45) is 1.64. The van der Waals surface area contributed by atoms with Crippen molar-refractivity contribution < 1.29 is 14.3 Å². The fraction of sp³-hybridized carbons (Fsp3) is 0.208. The Kier molecular flexibility index (Phi) is 6.15. The number of ether oxygens (including phenoxy) is 2. The molecule has 1 amide bonds. The van der Waals surface area contributed by atoms with Gasteiger partial charge in [-0.1, -0.05) is 58.4 Å². The van der Waals surface area contributed by atoms with Gasteiger partial charge in [-0.25, -0.2) is 0 Å². The Bertz CT molecular complexity index is 990. The summed E-state index contributed by atoms with van der Waals surface area (Å²) in [6.45, 7) is 1.10. The lowest BCUT2D eigenvalue weighted by atomic mass is 9.98. The third-order valence-electron chi connectivity index (χ3n) is 4.93. The van der Waals surface area contributed by atoms with Gasteiger partial charge in [0.15, 0.2) is 11.5 Å². The summed E-state index contributed by atoms with van der Waals surface area (Å²) in [4.78, 5) is 12.9. The number of fused-ring (bicyclic) bond motifs is 1. The van der Waals surface area contributed by atoms with Crippen molar-refractivity contribution in [2.45, 2.75) is 18.9 Å². The lowest BCUT2D eigenvalue weighted by Gasteiger charge is -2.23. The summed E-state index contributed by atoms with van der Waals surface area (Å²) >= 11 is 3.43. The van der Waals surface area contributed by atoms with Crippen LogP contribution in [0.4, 0.5) is 0 Å². The second kappa shape index (κ2) is 9.14. The molecule has 148 valence electrons. The number of hydrogen-bond acceptors (Lipinski definition) is 3. The Labute approximate surface area is 179 Å². The van der Waals surface area contributed by atoms with E-state index in [1.165, 1.54) is 5.56 Å². The summed E-state index contributed by atoms with van der Waals surface area (Å²) in [7, 11) is 0. The van der Waals surface area contributed by atoms with E-state index in [4.69, 9.17) is 9.47 Å².